The van der Waals surface area contributed by atoms with Crippen LogP contribution in [0.2, 0.25) is 0 Å². The van der Waals surface area contributed by atoms with E-state index < -0.39 is 0 Å². The normalized spacial score (nSPS) is 11.4. The van der Waals surface area contributed by atoms with Crippen molar-refractivity contribution in [1.82, 2.24) is 21.3 Å². The molecule has 0 aromatic carbocycles. The zero-order valence-electron chi connectivity index (χ0n) is 19.7. The highest BCUT2D eigenvalue weighted by atomic mass is 16.5. The summed E-state index contributed by atoms with van der Waals surface area (Å²) >= 11 is 0. The van der Waals surface area contributed by atoms with Gasteiger partial charge in [0, 0.05) is 26.4 Å². The molecule has 0 unspecified atom stereocenters. The maximum Gasteiger partial charge on any atom is 0.0487 e. The van der Waals surface area contributed by atoms with Crippen molar-refractivity contribution < 1.29 is 9.47 Å². The Morgan fingerprint density at radius 1 is 0.379 bits per heavy atom. The SMILES string of the molecule is CCCCNCCCNCCCOCCCOCCCNCCCNCCCC. The molecule has 0 saturated heterocycles. The molecule has 0 aliphatic carbocycles. The molecule has 0 atom stereocenters. The Morgan fingerprint density at radius 2 is 0.690 bits per heavy atom. The van der Waals surface area contributed by atoms with Crippen molar-refractivity contribution in [3.63, 3.8) is 0 Å². The Bertz CT molecular complexity index is 258. The zero-order chi connectivity index (χ0) is 21.1. The Kier molecular flexibility index (Phi) is 27.5. The molecule has 0 saturated carbocycles. The van der Waals surface area contributed by atoms with Gasteiger partial charge in [0.05, 0.1) is 0 Å². The van der Waals surface area contributed by atoms with Gasteiger partial charge in [-0.1, -0.05) is 26.7 Å². The van der Waals surface area contributed by atoms with Gasteiger partial charge in [-0.3, -0.25) is 0 Å². The summed E-state index contributed by atoms with van der Waals surface area (Å²) in [5, 5.41) is 13.9. The molecular formula is C23H52N4O2. The summed E-state index contributed by atoms with van der Waals surface area (Å²) in [5.74, 6) is 0. The lowest BCUT2D eigenvalue weighted by atomic mass is 10.3. The van der Waals surface area contributed by atoms with Crippen molar-refractivity contribution >= 4 is 0 Å². The van der Waals surface area contributed by atoms with Gasteiger partial charge >= 0.3 is 0 Å². The van der Waals surface area contributed by atoms with Crippen molar-refractivity contribution in [1.29, 1.82) is 0 Å². The molecule has 0 fully saturated rings. The summed E-state index contributed by atoms with van der Waals surface area (Å²) in [7, 11) is 0. The van der Waals surface area contributed by atoms with E-state index in [1.54, 1.807) is 0 Å². The van der Waals surface area contributed by atoms with Crippen molar-refractivity contribution in [2.45, 2.75) is 71.6 Å². The van der Waals surface area contributed by atoms with E-state index in [1.807, 2.05) is 0 Å². The summed E-state index contributed by atoms with van der Waals surface area (Å²) in [4.78, 5) is 0. The molecule has 0 radical (unpaired) electrons. The first-order valence-electron chi connectivity index (χ1n) is 12.4. The zero-order valence-corrected chi connectivity index (χ0v) is 19.7. The third kappa shape index (κ3) is 27.8. The lowest BCUT2D eigenvalue weighted by Gasteiger charge is -2.08. The van der Waals surface area contributed by atoms with Crippen LogP contribution < -0.4 is 21.3 Å². The molecule has 176 valence electrons. The largest absolute Gasteiger partial charge is 0.381 e. The molecular weight excluding hydrogens is 364 g/mol. The monoisotopic (exact) mass is 416 g/mol. The molecule has 0 aromatic rings. The van der Waals surface area contributed by atoms with Crippen molar-refractivity contribution in [2.24, 2.45) is 0 Å². The van der Waals surface area contributed by atoms with Gasteiger partial charge in [-0.2, -0.15) is 0 Å². The average molecular weight is 417 g/mol. The topological polar surface area (TPSA) is 66.6 Å². The van der Waals surface area contributed by atoms with Gasteiger partial charge in [-0.05, 0) is 97.3 Å². The highest BCUT2D eigenvalue weighted by Crippen LogP contribution is 1.90. The first-order chi connectivity index (χ1) is 14.4. The summed E-state index contributed by atoms with van der Waals surface area (Å²) in [6, 6.07) is 0. The molecule has 29 heavy (non-hydrogen) atoms. The lowest BCUT2D eigenvalue weighted by molar-refractivity contribution is 0.0809. The van der Waals surface area contributed by atoms with Gasteiger partial charge in [0.25, 0.3) is 0 Å². The van der Waals surface area contributed by atoms with Crippen LogP contribution in [0.25, 0.3) is 0 Å². The minimum atomic E-state index is 0.810. The number of hydrogen-bond donors (Lipinski definition) is 4. The molecule has 4 N–H and O–H groups in total. The molecule has 0 aliphatic rings. The van der Waals surface area contributed by atoms with Crippen molar-refractivity contribution in [2.75, 3.05) is 78.8 Å². The fourth-order valence-corrected chi connectivity index (χ4v) is 2.85. The quantitative estimate of drug-likeness (QED) is 0.163. The molecule has 0 heterocycles. The molecule has 6 nitrogen and oxygen atoms in total. The van der Waals surface area contributed by atoms with Crippen LogP contribution in [0.15, 0.2) is 0 Å². The molecule has 0 bridgehead atoms. The Labute approximate surface area is 181 Å². The molecule has 6 heteroatoms. The molecule has 0 aromatic heterocycles. The number of unbranched alkanes of at least 4 members (excludes halogenated alkanes) is 2. The summed E-state index contributed by atoms with van der Waals surface area (Å²) in [6.45, 7) is 16.6. The van der Waals surface area contributed by atoms with Crippen LogP contribution in [-0.4, -0.2) is 78.8 Å². The highest BCUT2D eigenvalue weighted by Gasteiger charge is 1.94. The van der Waals surface area contributed by atoms with E-state index in [0.29, 0.717) is 0 Å². The minimum Gasteiger partial charge on any atom is -0.381 e. The number of ether oxygens (including phenoxy) is 2. The second-order valence-corrected chi connectivity index (χ2v) is 7.70. The van der Waals surface area contributed by atoms with Gasteiger partial charge in [-0.15, -0.1) is 0 Å². The minimum absolute atomic E-state index is 0.810. The Hall–Kier alpha value is -0.240. The summed E-state index contributed by atoms with van der Waals surface area (Å²) in [6.07, 6.45) is 10.7. The van der Waals surface area contributed by atoms with Gasteiger partial charge in [0.15, 0.2) is 0 Å². The second kappa shape index (κ2) is 27.8. The van der Waals surface area contributed by atoms with E-state index in [0.717, 1.165) is 98.0 Å². The third-order valence-corrected chi connectivity index (χ3v) is 4.69. The van der Waals surface area contributed by atoms with E-state index >= 15 is 0 Å². The van der Waals surface area contributed by atoms with Crippen LogP contribution in [-0.2, 0) is 9.47 Å². The maximum atomic E-state index is 5.66. The van der Waals surface area contributed by atoms with Gasteiger partial charge in [0.1, 0.15) is 0 Å². The summed E-state index contributed by atoms with van der Waals surface area (Å²) in [5.41, 5.74) is 0. The predicted octanol–water partition coefficient (Wildman–Crippen LogP) is 2.93. The molecule has 0 aliphatic heterocycles. The van der Waals surface area contributed by atoms with E-state index in [2.05, 4.69) is 35.1 Å². The van der Waals surface area contributed by atoms with Gasteiger partial charge < -0.3 is 30.7 Å². The maximum absolute atomic E-state index is 5.66. The third-order valence-electron chi connectivity index (χ3n) is 4.69. The molecule has 0 rings (SSSR count). The van der Waals surface area contributed by atoms with E-state index in [1.165, 1.54) is 38.5 Å². The smallest absolute Gasteiger partial charge is 0.0487 e. The van der Waals surface area contributed by atoms with E-state index in [-0.39, 0.29) is 0 Å². The summed E-state index contributed by atoms with van der Waals surface area (Å²) < 4.78 is 11.3. The lowest BCUT2D eigenvalue weighted by Crippen LogP contribution is -2.24. The number of nitrogens with one attached hydrogen (secondary N) is 4. The Balaban J connectivity index is 2.97. The van der Waals surface area contributed by atoms with Crippen molar-refractivity contribution in [3.05, 3.63) is 0 Å². The standard InChI is InChI=1S/C23H52N4O2/c1-3-5-12-24-14-7-16-26-18-9-20-28-22-11-23-29-21-10-19-27-17-8-15-25-13-6-4-2/h24-27H,3-23H2,1-2H3. The first kappa shape index (κ1) is 28.8. The highest BCUT2D eigenvalue weighted by molar-refractivity contribution is 4.53. The Morgan fingerprint density at radius 3 is 1.07 bits per heavy atom. The fraction of sp³-hybridized carbons (Fsp3) is 1.00. The van der Waals surface area contributed by atoms with E-state index in [4.69, 9.17) is 9.47 Å². The van der Waals surface area contributed by atoms with Crippen LogP contribution >= 0.6 is 0 Å². The second-order valence-electron chi connectivity index (χ2n) is 7.70. The number of hydrogen-bond acceptors (Lipinski definition) is 6. The van der Waals surface area contributed by atoms with Crippen LogP contribution in [0.1, 0.15) is 71.6 Å². The van der Waals surface area contributed by atoms with Gasteiger partial charge in [0.2, 0.25) is 0 Å². The van der Waals surface area contributed by atoms with Crippen LogP contribution in [0.5, 0.6) is 0 Å². The van der Waals surface area contributed by atoms with E-state index in [9.17, 15) is 0 Å². The van der Waals surface area contributed by atoms with Crippen LogP contribution in [0.4, 0.5) is 0 Å². The predicted molar refractivity (Wildman–Crippen MR) is 126 cm³/mol. The first-order valence-corrected chi connectivity index (χ1v) is 12.4. The molecule has 0 amide bonds. The van der Waals surface area contributed by atoms with Crippen molar-refractivity contribution in [3.8, 4) is 0 Å². The fourth-order valence-electron chi connectivity index (χ4n) is 2.85. The van der Waals surface area contributed by atoms with Crippen LogP contribution in [0.3, 0.4) is 0 Å². The van der Waals surface area contributed by atoms with Crippen LogP contribution in [0, 0.1) is 0 Å². The number of rotatable bonds is 26. The average Bonchev–Trinajstić information content (AvgIpc) is 2.74. The van der Waals surface area contributed by atoms with Gasteiger partial charge in [-0.25, -0.2) is 0 Å². The molecule has 0 spiro atoms.